The molecule has 0 fully saturated rings. The molecule has 0 radical (unpaired) electrons. The molecule has 0 saturated carbocycles. The minimum absolute atomic E-state index is 0.0843. The Morgan fingerprint density at radius 1 is 1.45 bits per heavy atom. The van der Waals surface area contributed by atoms with Gasteiger partial charge in [0.15, 0.2) is 0 Å². The maximum Gasteiger partial charge on any atom is 0.312 e. The molecule has 1 aromatic carbocycles. The number of pyridine rings is 1. The molecule has 0 aliphatic rings. The van der Waals surface area contributed by atoms with Gasteiger partial charge in [-0.25, -0.2) is 4.98 Å². The lowest BCUT2D eigenvalue weighted by atomic mass is 10.2. The molecule has 0 spiro atoms. The fourth-order valence-electron chi connectivity index (χ4n) is 1.71. The van der Waals surface area contributed by atoms with Crippen LogP contribution in [0, 0.1) is 17.0 Å². The summed E-state index contributed by atoms with van der Waals surface area (Å²) >= 11 is 9.01. The van der Waals surface area contributed by atoms with Crippen LogP contribution in [0.4, 0.5) is 5.69 Å². The molecular formula is C13H10BrClN2O3. The highest BCUT2D eigenvalue weighted by molar-refractivity contribution is 9.10. The van der Waals surface area contributed by atoms with Crippen LogP contribution in [0.2, 0.25) is 5.15 Å². The van der Waals surface area contributed by atoms with Crippen LogP contribution in [0.1, 0.15) is 11.3 Å². The molecule has 1 heterocycles. The van der Waals surface area contributed by atoms with Crippen LogP contribution < -0.4 is 4.74 Å². The predicted octanol–water partition coefficient (Wildman–Crippen LogP) is 4.29. The smallest absolute Gasteiger partial charge is 0.312 e. The van der Waals surface area contributed by atoms with Gasteiger partial charge in [0, 0.05) is 10.5 Å². The van der Waals surface area contributed by atoms with E-state index >= 15 is 0 Å². The lowest BCUT2D eigenvalue weighted by molar-refractivity contribution is -0.386. The van der Waals surface area contributed by atoms with E-state index in [0.717, 1.165) is 0 Å². The molecule has 0 aliphatic carbocycles. The van der Waals surface area contributed by atoms with Crippen LogP contribution >= 0.6 is 27.5 Å². The zero-order valence-electron chi connectivity index (χ0n) is 10.5. The van der Waals surface area contributed by atoms with Gasteiger partial charge >= 0.3 is 5.69 Å². The number of benzene rings is 1. The number of aryl methyl sites for hydroxylation is 1. The molecule has 0 aliphatic heterocycles. The van der Waals surface area contributed by atoms with Crippen molar-refractivity contribution >= 4 is 33.2 Å². The van der Waals surface area contributed by atoms with Gasteiger partial charge in [0.1, 0.15) is 11.8 Å². The zero-order chi connectivity index (χ0) is 14.7. The summed E-state index contributed by atoms with van der Waals surface area (Å²) in [5.74, 6) is 0.236. The SMILES string of the molecule is Cc1cc(Br)cc([N+](=O)[O-])c1OCc1cccc(Cl)n1. The molecule has 0 saturated heterocycles. The Bertz CT molecular complexity index is 664. The molecule has 2 aromatic rings. The molecule has 7 heteroatoms. The highest BCUT2D eigenvalue weighted by Crippen LogP contribution is 2.34. The topological polar surface area (TPSA) is 65.3 Å². The van der Waals surface area contributed by atoms with Crippen molar-refractivity contribution in [1.29, 1.82) is 0 Å². The van der Waals surface area contributed by atoms with Gasteiger partial charge in [-0.1, -0.05) is 33.6 Å². The third kappa shape index (κ3) is 3.46. The number of ether oxygens (including phenoxy) is 1. The Morgan fingerprint density at radius 3 is 2.85 bits per heavy atom. The van der Waals surface area contributed by atoms with Crippen molar-refractivity contribution < 1.29 is 9.66 Å². The normalized spacial score (nSPS) is 10.3. The van der Waals surface area contributed by atoms with Crippen molar-refractivity contribution in [3.8, 4) is 5.75 Å². The highest BCUT2D eigenvalue weighted by Gasteiger charge is 2.19. The predicted molar refractivity (Wildman–Crippen MR) is 79.1 cm³/mol. The molecular weight excluding hydrogens is 348 g/mol. The third-order valence-corrected chi connectivity index (χ3v) is 3.22. The lowest BCUT2D eigenvalue weighted by Gasteiger charge is -2.10. The number of hydrogen-bond acceptors (Lipinski definition) is 4. The Balaban J connectivity index is 2.27. The van der Waals surface area contributed by atoms with E-state index in [2.05, 4.69) is 20.9 Å². The molecule has 0 unspecified atom stereocenters. The largest absolute Gasteiger partial charge is 0.480 e. The molecule has 2 rings (SSSR count). The van der Waals surface area contributed by atoms with Gasteiger partial charge in [-0.05, 0) is 30.7 Å². The quantitative estimate of drug-likeness (QED) is 0.465. The molecule has 0 bridgehead atoms. The van der Waals surface area contributed by atoms with E-state index in [1.54, 1.807) is 31.2 Å². The maximum absolute atomic E-state index is 11.1. The molecule has 1 aromatic heterocycles. The van der Waals surface area contributed by atoms with E-state index in [-0.39, 0.29) is 18.0 Å². The van der Waals surface area contributed by atoms with Gasteiger partial charge in [-0.3, -0.25) is 10.1 Å². The van der Waals surface area contributed by atoms with Crippen LogP contribution in [-0.2, 0) is 6.61 Å². The van der Waals surface area contributed by atoms with Gasteiger partial charge in [0.05, 0.1) is 10.6 Å². The first kappa shape index (κ1) is 14.7. The zero-order valence-corrected chi connectivity index (χ0v) is 12.8. The van der Waals surface area contributed by atoms with Crippen molar-refractivity contribution in [2.75, 3.05) is 0 Å². The number of nitro groups is 1. The van der Waals surface area contributed by atoms with Gasteiger partial charge < -0.3 is 4.74 Å². The Kier molecular flexibility index (Phi) is 4.57. The van der Waals surface area contributed by atoms with Gasteiger partial charge in [-0.15, -0.1) is 0 Å². The third-order valence-electron chi connectivity index (χ3n) is 2.55. The molecule has 20 heavy (non-hydrogen) atoms. The van der Waals surface area contributed by atoms with Gasteiger partial charge in [0.2, 0.25) is 5.75 Å². The van der Waals surface area contributed by atoms with E-state index in [0.29, 0.717) is 20.9 Å². The molecule has 0 atom stereocenters. The summed E-state index contributed by atoms with van der Waals surface area (Å²) in [4.78, 5) is 14.7. The van der Waals surface area contributed by atoms with Gasteiger partial charge in [-0.2, -0.15) is 0 Å². The van der Waals surface area contributed by atoms with Crippen molar-refractivity contribution in [3.05, 3.63) is 61.3 Å². The summed E-state index contributed by atoms with van der Waals surface area (Å²) in [7, 11) is 0. The standard InChI is InChI=1S/C13H10BrClN2O3/c1-8-5-9(14)6-11(17(18)19)13(8)20-7-10-3-2-4-12(15)16-10/h2-6H,7H2,1H3. The van der Waals surface area contributed by atoms with Crippen molar-refractivity contribution in [2.24, 2.45) is 0 Å². The second kappa shape index (κ2) is 6.19. The first-order chi connectivity index (χ1) is 9.47. The van der Waals surface area contributed by atoms with Crippen LogP contribution in [0.25, 0.3) is 0 Å². The lowest BCUT2D eigenvalue weighted by Crippen LogP contribution is -2.02. The number of nitrogens with zero attached hydrogens (tertiary/aromatic N) is 2. The molecule has 5 nitrogen and oxygen atoms in total. The average molecular weight is 358 g/mol. The van der Waals surface area contributed by atoms with Crippen molar-refractivity contribution in [1.82, 2.24) is 4.98 Å². The Morgan fingerprint density at radius 2 is 2.20 bits per heavy atom. The minimum atomic E-state index is -0.474. The van der Waals surface area contributed by atoms with E-state index in [1.807, 2.05) is 0 Å². The Hall–Kier alpha value is -1.66. The summed E-state index contributed by atoms with van der Waals surface area (Å²) in [6, 6.07) is 8.31. The van der Waals surface area contributed by atoms with Crippen LogP contribution in [0.5, 0.6) is 5.75 Å². The number of hydrogen-bond donors (Lipinski definition) is 0. The first-order valence-electron chi connectivity index (χ1n) is 5.66. The Labute approximate surface area is 128 Å². The number of nitro benzene ring substituents is 1. The monoisotopic (exact) mass is 356 g/mol. The fourth-order valence-corrected chi connectivity index (χ4v) is 2.45. The number of rotatable bonds is 4. The summed E-state index contributed by atoms with van der Waals surface area (Å²) in [6.45, 7) is 1.86. The molecule has 0 amide bonds. The van der Waals surface area contributed by atoms with E-state index in [9.17, 15) is 10.1 Å². The van der Waals surface area contributed by atoms with E-state index in [4.69, 9.17) is 16.3 Å². The summed E-state index contributed by atoms with van der Waals surface area (Å²) in [6.07, 6.45) is 0. The second-order valence-corrected chi connectivity index (χ2v) is 5.37. The minimum Gasteiger partial charge on any atom is -0.480 e. The molecule has 104 valence electrons. The highest BCUT2D eigenvalue weighted by atomic mass is 79.9. The summed E-state index contributed by atoms with van der Waals surface area (Å²) in [5, 5.41) is 11.4. The average Bonchev–Trinajstić information content (AvgIpc) is 2.36. The van der Waals surface area contributed by atoms with Crippen LogP contribution in [-0.4, -0.2) is 9.91 Å². The van der Waals surface area contributed by atoms with Crippen molar-refractivity contribution in [3.63, 3.8) is 0 Å². The molecule has 0 N–H and O–H groups in total. The maximum atomic E-state index is 11.1. The summed E-state index contributed by atoms with van der Waals surface area (Å²) in [5.41, 5.74) is 1.20. The van der Waals surface area contributed by atoms with E-state index < -0.39 is 4.92 Å². The van der Waals surface area contributed by atoms with E-state index in [1.165, 1.54) is 6.07 Å². The second-order valence-electron chi connectivity index (χ2n) is 4.07. The number of aromatic nitrogens is 1. The van der Waals surface area contributed by atoms with Crippen molar-refractivity contribution in [2.45, 2.75) is 13.5 Å². The summed E-state index contributed by atoms with van der Waals surface area (Å²) < 4.78 is 6.18. The number of halogens is 2. The van der Waals surface area contributed by atoms with Gasteiger partial charge in [0.25, 0.3) is 0 Å². The van der Waals surface area contributed by atoms with Crippen LogP contribution in [0.3, 0.4) is 0 Å². The van der Waals surface area contributed by atoms with Crippen LogP contribution in [0.15, 0.2) is 34.8 Å². The fraction of sp³-hybridized carbons (Fsp3) is 0.154. The first-order valence-corrected chi connectivity index (χ1v) is 6.83.